The average molecular weight is 180 g/mol. The van der Waals surface area contributed by atoms with Gasteiger partial charge in [-0.2, -0.15) is 0 Å². The van der Waals surface area contributed by atoms with Crippen LogP contribution in [0.3, 0.4) is 0 Å². The number of hydrogen-bond acceptors (Lipinski definition) is 2. The Bertz CT molecular complexity index is 229. The van der Waals surface area contributed by atoms with Crippen LogP contribution in [0.4, 0.5) is 0 Å². The van der Waals surface area contributed by atoms with E-state index in [0.717, 1.165) is 13.5 Å². The van der Waals surface area contributed by atoms with E-state index in [4.69, 9.17) is 5.11 Å². The van der Waals surface area contributed by atoms with Crippen molar-refractivity contribution in [3.05, 3.63) is 35.9 Å². The highest BCUT2D eigenvalue weighted by atomic mass is 16.2. The van der Waals surface area contributed by atoms with Gasteiger partial charge in [0.25, 0.3) is 0 Å². The Balaban J connectivity index is 0.000000671. The summed E-state index contributed by atoms with van der Waals surface area (Å²) in [7, 11) is 1.00. The molecule has 0 unspecified atom stereocenters. The number of carbonyl (C=O) groups is 1. The minimum absolute atomic E-state index is 0.258. The minimum atomic E-state index is 0.258. The summed E-state index contributed by atoms with van der Waals surface area (Å²) in [5.41, 5.74) is 1.24. The molecule has 0 radical (unpaired) electrons. The van der Waals surface area contributed by atoms with Crippen LogP contribution >= 0.6 is 0 Å². The number of benzene rings is 1. The Morgan fingerprint density at radius 3 is 2.23 bits per heavy atom. The van der Waals surface area contributed by atoms with Crippen molar-refractivity contribution in [1.82, 2.24) is 0 Å². The van der Waals surface area contributed by atoms with Crippen molar-refractivity contribution >= 4 is 5.78 Å². The normalized spacial score (nSPS) is 8.54. The van der Waals surface area contributed by atoms with Gasteiger partial charge in [0.05, 0.1) is 0 Å². The van der Waals surface area contributed by atoms with Crippen LogP contribution in [-0.4, -0.2) is 18.0 Å². The monoisotopic (exact) mass is 180 g/mol. The number of carbonyl (C=O) groups excluding carboxylic acids is 1. The molecule has 0 saturated heterocycles. The van der Waals surface area contributed by atoms with Gasteiger partial charge in [-0.15, -0.1) is 0 Å². The van der Waals surface area contributed by atoms with Gasteiger partial charge in [0, 0.05) is 13.5 Å². The molecule has 1 rings (SSSR count). The molecule has 0 saturated carbocycles. The molecule has 2 heteroatoms. The highest BCUT2D eigenvalue weighted by Gasteiger charge is 1.94. The molecule has 0 fully saturated rings. The molecule has 0 bridgehead atoms. The highest BCUT2D eigenvalue weighted by Crippen LogP contribution is 2.01. The Labute approximate surface area is 79.2 Å². The molecule has 1 N–H and O–H groups in total. The van der Waals surface area contributed by atoms with Gasteiger partial charge < -0.3 is 9.90 Å². The van der Waals surface area contributed by atoms with Crippen molar-refractivity contribution in [3.63, 3.8) is 0 Å². The maximum absolute atomic E-state index is 10.6. The molecule has 0 aliphatic heterocycles. The molecule has 0 aliphatic carbocycles. The molecule has 0 aromatic heterocycles. The SMILES string of the molecule is CC(=O)CCc1ccccc1.CO. The second-order valence-corrected chi connectivity index (χ2v) is 2.69. The van der Waals surface area contributed by atoms with Crippen molar-refractivity contribution in [3.8, 4) is 0 Å². The molecule has 1 aromatic rings. The number of rotatable bonds is 3. The first-order chi connectivity index (χ1) is 6.29. The van der Waals surface area contributed by atoms with Gasteiger partial charge in [-0.25, -0.2) is 0 Å². The molecule has 0 amide bonds. The predicted octanol–water partition coefficient (Wildman–Crippen LogP) is 1.82. The number of aliphatic hydroxyl groups is 1. The lowest BCUT2D eigenvalue weighted by Gasteiger charge is -1.96. The van der Waals surface area contributed by atoms with E-state index in [1.165, 1.54) is 5.56 Å². The minimum Gasteiger partial charge on any atom is -0.400 e. The Hall–Kier alpha value is -1.15. The molecule has 72 valence electrons. The lowest BCUT2D eigenvalue weighted by atomic mass is 10.1. The molecular formula is C11H16O2. The zero-order chi connectivity index (χ0) is 10.1. The van der Waals surface area contributed by atoms with E-state index in [2.05, 4.69) is 0 Å². The summed E-state index contributed by atoms with van der Waals surface area (Å²) >= 11 is 0. The van der Waals surface area contributed by atoms with Gasteiger partial charge in [0.15, 0.2) is 0 Å². The van der Waals surface area contributed by atoms with Gasteiger partial charge in [0.2, 0.25) is 0 Å². The van der Waals surface area contributed by atoms with E-state index >= 15 is 0 Å². The molecule has 0 aliphatic rings. The summed E-state index contributed by atoms with van der Waals surface area (Å²) in [6.07, 6.45) is 1.53. The van der Waals surface area contributed by atoms with Gasteiger partial charge in [0.1, 0.15) is 5.78 Å². The zero-order valence-electron chi connectivity index (χ0n) is 8.16. The van der Waals surface area contributed by atoms with Gasteiger partial charge in [-0.05, 0) is 18.9 Å². The first kappa shape index (κ1) is 11.8. The largest absolute Gasteiger partial charge is 0.400 e. The van der Waals surface area contributed by atoms with Crippen molar-refractivity contribution in [2.45, 2.75) is 19.8 Å². The molecule has 0 atom stereocenters. The molecule has 1 aromatic carbocycles. The molecule has 2 nitrogen and oxygen atoms in total. The third-order valence-electron chi connectivity index (χ3n) is 1.61. The van der Waals surface area contributed by atoms with Crippen LogP contribution in [0.15, 0.2) is 30.3 Å². The fraction of sp³-hybridized carbons (Fsp3) is 0.364. The average Bonchev–Trinajstić information content (AvgIpc) is 2.19. The summed E-state index contributed by atoms with van der Waals surface area (Å²) < 4.78 is 0. The highest BCUT2D eigenvalue weighted by molar-refractivity contribution is 5.75. The predicted molar refractivity (Wildman–Crippen MR) is 53.6 cm³/mol. The summed E-state index contributed by atoms with van der Waals surface area (Å²) in [4.78, 5) is 10.6. The van der Waals surface area contributed by atoms with Crippen LogP contribution < -0.4 is 0 Å². The van der Waals surface area contributed by atoms with Crippen LogP contribution in [0.2, 0.25) is 0 Å². The topological polar surface area (TPSA) is 37.3 Å². The number of Topliss-reactive ketones (excluding diaryl/α,β-unsaturated/α-hetero) is 1. The first-order valence-corrected chi connectivity index (χ1v) is 4.27. The van der Waals surface area contributed by atoms with Crippen molar-refractivity contribution < 1.29 is 9.90 Å². The lowest BCUT2D eigenvalue weighted by Crippen LogP contribution is -1.92. The van der Waals surface area contributed by atoms with Crippen LogP contribution in [-0.2, 0) is 11.2 Å². The van der Waals surface area contributed by atoms with E-state index < -0.39 is 0 Å². The Morgan fingerprint density at radius 2 is 1.77 bits per heavy atom. The van der Waals surface area contributed by atoms with Crippen LogP contribution in [0.1, 0.15) is 18.9 Å². The third-order valence-corrected chi connectivity index (χ3v) is 1.61. The van der Waals surface area contributed by atoms with Gasteiger partial charge in [-0.3, -0.25) is 0 Å². The van der Waals surface area contributed by atoms with Crippen molar-refractivity contribution in [2.75, 3.05) is 7.11 Å². The van der Waals surface area contributed by atoms with Gasteiger partial charge >= 0.3 is 0 Å². The van der Waals surface area contributed by atoms with E-state index in [1.807, 2.05) is 30.3 Å². The van der Waals surface area contributed by atoms with Crippen LogP contribution in [0.5, 0.6) is 0 Å². The summed E-state index contributed by atoms with van der Waals surface area (Å²) in [6.45, 7) is 1.63. The van der Waals surface area contributed by atoms with Crippen molar-refractivity contribution in [2.24, 2.45) is 0 Å². The van der Waals surface area contributed by atoms with E-state index in [9.17, 15) is 4.79 Å². The molecule has 0 heterocycles. The number of aliphatic hydroxyl groups excluding tert-OH is 1. The fourth-order valence-corrected chi connectivity index (χ4v) is 0.965. The van der Waals surface area contributed by atoms with Crippen LogP contribution in [0, 0.1) is 0 Å². The van der Waals surface area contributed by atoms with Crippen molar-refractivity contribution in [1.29, 1.82) is 0 Å². The first-order valence-electron chi connectivity index (χ1n) is 4.27. The summed E-state index contributed by atoms with van der Waals surface area (Å²) in [6, 6.07) is 10.1. The Morgan fingerprint density at radius 1 is 1.23 bits per heavy atom. The standard InChI is InChI=1S/C10H12O.CH4O/c1-9(11)7-8-10-5-3-2-4-6-10;1-2/h2-6H,7-8H2,1H3;2H,1H3. The maximum Gasteiger partial charge on any atom is 0.130 e. The quantitative estimate of drug-likeness (QED) is 0.770. The van der Waals surface area contributed by atoms with E-state index in [-0.39, 0.29) is 5.78 Å². The number of hydrogen-bond donors (Lipinski definition) is 1. The second-order valence-electron chi connectivity index (χ2n) is 2.69. The molecule has 0 spiro atoms. The molecule has 13 heavy (non-hydrogen) atoms. The maximum atomic E-state index is 10.6. The summed E-state index contributed by atoms with van der Waals surface area (Å²) in [5.74, 6) is 0.258. The van der Waals surface area contributed by atoms with E-state index in [1.54, 1.807) is 6.92 Å². The van der Waals surface area contributed by atoms with Crippen LogP contribution in [0.25, 0.3) is 0 Å². The molecular weight excluding hydrogens is 164 g/mol. The lowest BCUT2D eigenvalue weighted by molar-refractivity contribution is -0.116. The number of ketones is 1. The number of aryl methyl sites for hydroxylation is 1. The third kappa shape index (κ3) is 6.05. The fourth-order valence-electron chi connectivity index (χ4n) is 0.965. The van der Waals surface area contributed by atoms with Gasteiger partial charge in [-0.1, -0.05) is 30.3 Å². The summed E-state index contributed by atoms with van der Waals surface area (Å²) in [5, 5.41) is 7.00. The second kappa shape index (κ2) is 7.50. The Kier molecular flexibility index (Phi) is 6.83. The smallest absolute Gasteiger partial charge is 0.130 e. The zero-order valence-corrected chi connectivity index (χ0v) is 8.16. The van der Waals surface area contributed by atoms with E-state index in [0.29, 0.717) is 6.42 Å².